The summed E-state index contributed by atoms with van der Waals surface area (Å²) in [6.45, 7) is 2.12. The number of nitrogens with zero attached hydrogens (tertiary/aromatic N) is 3. The topological polar surface area (TPSA) is 136 Å². The molecule has 4 atom stereocenters. The summed E-state index contributed by atoms with van der Waals surface area (Å²) in [6.07, 6.45) is -2.79. The number of imidazole rings is 1. The molecule has 0 saturated carbocycles. The molecule has 10 nitrogen and oxygen atoms in total. The number of aliphatic hydroxyl groups is 3. The van der Waals surface area contributed by atoms with Crippen molar-refractivity contribution in [2.45, 2.75) is 38.1 Å². The van der Waals surface area contributed by atoms with Gasteiger partial charge in [0.05, 0.1) is 12.9 Å². The molecular formula is C18H24BrN5O5. The molecule has 2 aliphatic heterocycles. The Bertz CT molecular complexity index is 878. The number of aromatic nitrogens is 2. The number of hydroxylamine groups is 2. The van der Waals surface area contributed by atoms with Crippen LogP contribution >= 0.6 is 17.0 Å². The van der Waals surface area contributed by atoms with Gasteiger partial charge in [0.1, 0.15) is 43.1 Å². The van der Waals surface area contributed by atoms with Gasteiger partial charge in [-0.25, -0.2) is 10.0 Å². The van der Waals surface area contributed by atoms with Crippen molar-refractivity contribution in [3.8, 4) is 0 Å². The molecule has 2 aliphatic rings. The summed E-state index contributed by atoms with van der Waals surface area (Å²) in [7, 11) is 0. The Balaban J connectivity index is 0.00000240. The Kier molecular flexibility index (Phi) is 6.56. The van der Waals surface area contributed by atoms with Gasteiger partial charge in [0, 0.05) is 0 Å². The molecule has 3 heterocycles. The van der Waals surface area contributed by atoms with Crippen molar-refractivity contribution in [2.24, 2.45) is 0 Å². The standard InChI is InChI=1S/C18H23N5O5.BrH/c1-10-3-2-4-11(5-10)7-27-23-9-21-17-13(16(23)19)20-8-22(17)18-15(26)14(25)12(6-24)28-18;/h2-5,8,12,14-15,18-19,21,24-26H,6-7,9H2,1H3;1H/t12-,14-,15-,18-;/m1./s1. The smallest absolute Gasteiger partial charge is 0.176 e. The fraction of sp³-hybridized carbons (Fsp3) is 0.444. The van der Waals surface area contributed by atoms with E-state index in [0.717, 1.165) is 11.1 Å². The number of hydrogen-bond donors (Lipinski definition) is 5. The SMILES string of the molecule is Br.Cc1cccc(CON2CNc3c(ncn3[C@@H]3O[C@H](CO)[C@@H](O)[C@H]3O)C2=N)c1. The molecule has 0 unspecified atom stereocenters. The zero-order valence-corrected chi connectivity index (χ0v) is 17.4. The summed E-state index contributed by atoms with van der Waals surface area (Å²) < 4.78 is 7.06. The Labute approximate surface area is 177 Å². The van der Waals surface area contributed by atoms with Crippen LogP contribution in [0.15, 0.2) is 30.6 Å². The number of anilines is 1. The van der Waals surface area contributed by atoms with Gasteiger partial charge in [-0.05, 0) is 12.5 Å². The lowest BCUT2D eigenvalue weighted by atomic mass is 10.1. The summed E-state index contributed by atoms with van der Waals surface area (Å²) >= 11 is 0. The molecule has 1 saturated heterocycles. The van der Waals surface area contributed by atoms with Gasteiger partial charge in [0.15, 0.2) is 12.1 Å². The van der Waals surface area contributed by atoms with E-state index in [1.54, 1.807) is 0 Å². The first-order valence-electron chi connectivity index (χ1n) is 8.97. The molecule has 1 fully saturated rings. The van der Waals surface area contributed by atoms with Crippen molar-refractivity contribution in [1.82, 2.24) is 14.6 Å². The number of halogens is 1. The molecule has 11 heteroatoms. The fourth-order valence-corrected chi connectivity index (χ4v) is 3.42. The van der Waals surface area contributed by atoms with Crippen LogP contribution in [-0.2, 0) is 16.2 Å². The summed E-state index contributed by atoms with van der Waals surface area (Å²) in [5.41, 5.74) is 2.47. The van der Waals surface area contributed by atoms with E-state index in [9.17, 15) is 15.3 Å². The monoisotopic (exact) mass is 469 g/mol. The summed E-state index contributed by atoms with van der Waals surface area (Å²) in [5.74, 6) is 0.558. The molecule has 2 aromatic rings. The molecule has 0 radical (unpaired) electrons. The van der Waals surface area contributed by atoms with E-state index in [1.807, 2.05) is 31.2 Å². The Hall–Kier alpha value is -2.02. The van der Waals surface area contributed by atoms with Crippen molar-refractivity contribution in [3.05, 3.63) is 47.4 Å². The maximum Gasteiger partial charge on any atom is 0.176 e. The molecule has 158 valence electrons. The number of aryl methyl sites for hydroxylation is 1. The molecule has 0 bridgehead atoms. The second-order valence-corrected chi connectivity index (χ2v) is 6.90. The highest BCUT2D eigenvalue weighted by Gasteiger charge is 2.44. The van der Waals surface area contributed by atoms with E-state index in [-0.39, 0.29) is 29.5 Å². The lowest BCUT2D eigenvalue weighted by Gasteiger charge is -2.30. The van der Waals surface area contributed by atoms with Crippen molar-refractivity contribution in [3.63, 3.8) is 0 Å². The molecule has 5 N–H and O–H groups in total. The van der Waals surface area contributed by atoms with E-state index in [0.29, 0.717) is 18.1 Å². The maximum atomic E-state index is 10.2. The van der Waals surface area contributed by atoms with Gasteiger partial charge in [-0.1, -0.05) is 29.8 Å². The predicted octanol–water partition coefficient (Wildman–Crippen LogP) is 0.523. The lowest BCUT2D eigenvalue weighted by molar-refractivity contribution is -0.108. The van der Waals surface area contributed by atoms with Crippen LogP contribution in [-0.4, -0.2) is 67.4 Å². The fourth-order valence-electron chi connectivity index (χ4n) is 3.42. The Morgan fingerprint density at radius 2 is 2.14 bits per heavy atom. The average Bonchev–Trinajstić information content (AvgIpc) is 3.23. The van der Waals surface area contributed by atoms with E-state index in [2.05, 4.69) is 10.3 Å². The highest BCUT2D eigenvalue weighted by atomic mass is 79.9. The van der Waals surface area contributed by atoms with E-state index in [1.165, 1.54) is 16.0 Å². The number of rotatable bonds is 5. The van der Waals surface area contributed by atoms with Crippen LogP contribution < -0.4 is 5.32 Å². The van der Waals surface area contributed by atoms with Gasteiger partial charge < -0.3 is 25.4 Å². The first-order valence-corrected chi connectivity index (χ1v) is 8.97. The minimum Gasteiger partial charge on any atom is -0.394 e. The number of aliphatic hydroxyl groups excluding tert-OH is 3. The van der Waals surface area contributed by atoms with Gasteiger partial charge in [-0.3, -0.25) is 14.8 Å². The third-order valence-electron chi connectivity index (χ3n) is 4.92. The van der Waals surface area contributed by atoms with E-state index < -0.39 is 31.1 Å². The number of fused-ring (bicyclic) bond motifs is 1. The van der Waals surface area contributed by atoms with Crippen LogP contribution in [0.25, 0.3) is 0 Å². The van der Waals surface area contributed by atoms with E-state index in [4.69, 9.17) is 15.0 Å². The quantitative estimate of drug-likeness (QED) is 0.427. The summed E-state index contributed by atoms with van der Waals surface area (Å²) in [6, 6.07) is 7.93. The third-order valence-corrected chi connectivity index (χ3v) is 4.92. The van der Waals surface area contributed by atoms with E-state index >= 15 is 0 Å². The molecule has 0 spiro atoms. The van der Waals surface area contributed by atoms with Crippen LogP contribution in [0.3, 0.4) is 0 Å². The second-order valence-electron chi connectivity index (χ2n) is 6.90. The average molecular weight is 470 g/mol. The van der Waals surface area contributed by atoms with Crippen LogP contribution in [0, 0.1) is 12.3 Å². The zero-order chi connectivity index (χ0) is 19.8. The lowest BCUT2D eigenvalue weighted by Crippen LogP contribution is -2.41. The minimum absolute atomic E-state index is 0. The number of hydrogen-bond acceptors (Lipinski definition) is 8. The number of ether oxygens (including phenoxy) is 1. The van der Waals surface area contributed by atoms with Gasteiger partial charge in [-0.2, -0.15) is 0 Å². The second kappa shape index (κ2) is 8.78. The van der Waals surface area contributed by atoms with Crippen LogP contribution in [0.1, 0.15) is 23.0 Å². The predicted molar refractivity (Wildman–Crippen MR) is 109 cm³/mol. The van der Waals surface area contributed by atoms with Crippen molar-refractivity contribution in [2.75, 3.05) is 18.6 Å². The zero-order valence-electron chi connectivity index (χ0n) is 15.7. The van der Waals surface area contributed by atoms with Gasteiger partial charge >= 0.3 is 0 Å². The Morgan fingerprint density at radius 1 is 1.34 bits per heavy atom. The highest BCUT2D eigenvalue weighted by Crippen LogP contribution is 2.34. The third kappa shape index (κ3) is 4.02. The molecule has 1 aromatic heterocycles. The van der Waals surface area contributed by atoms with Crippen molar-refractivity contribution >= 4 is 28.6 Å². The van der Waals surface area contributed by atoms with Crippen LogP contribution in [0.4, 0.5) is 5.82 Å². The van der Waals surface area contributed by atoms with Crippen LogP contribution in [0.5, 0.6) is 0 Å². The van der Waals surface area contributed by atoms with Crippen molar-refractivity contribution < 1.29 is 24.9 Å². The molecule has 29 heavy (non-hydrogen) atoms. The summed E-state index contributed by atoms with van der Waals surface area (Å²) in [4.78, 5) is 9.97. The van der Waals surface area contributed by atoms with Gasteiger partial charge in [0.2, 0.25) is 0 Å². The normalized spacial score (nSPS) is 26.1. The number of benzene rings is 1. The summed E-state index contributed by atoms with van der Waals surface area (Å²) in [5, 5.41) is 42.3. The highest BCUT2D eigenvalue weighted by molar-refractivity contribution is 8.93. The van der Waals surface area contributed by atoms with Crippen LogP contribution in [0.2, 0.25) is 0 Å². The molecule has 4 rings (SSSR count). The molecule has 1 aromatic carbocycles. The minimum atomic E-state index is -1.22. The van der Waals surface area contributed by atoms with Gasteiger partial charge in [-0.15, -0.1) is 17.0 Å². The van der Waals surface area contributed by atoms with Gasteiger partial charge in [0.25, 0.3) is 0 Å². The largest absolute Gasteiger partial charge is 0.394 e. The number of nitrogens with one attached hydrogen (secondary N) is 2. The maximum absolute atomic E-state index is 10.2. The first-order chi connectivity index (χ1) is 13.5. The molecule has 0 amide bonds. The first kappa shape index (κ1) is 21.7. The Morgan fingerprint density at radius 3 is 2.83 bits per heavy atom. The molecule has 0 aliphatic carbocycles. The number of amidine groups is 1. The van der Waals surface area contributed by atoms with Crippen molar-refractivity contribution in [1.29, 1.82) is 5.41 Å². The molecular weight excluding hydrogens is 446 g/mol.